The summed E-state index contributed by atoms with van der Waals surface area (Å²) < 4.78 is 1.23. The lowest BCUT2D eigenvalue weighted by atomic mass is 9.85. The van der Waals surface area contributed by atoms with Crippen LogP contribution < -0.4 is 10.5 Å². The van der Waals surface area contributed by atoms with E-state index in [1.165, 1.54) is 28.8 Å². The van der Waals surface area contributed by atoms with Crippen molar-refractivity contribution in [2.24, 2.45) is 18.9 Å². The summed E-state index contributed by atoms with van der Waals surface area (Å²) in [6.45, 7) is 3.37. The minimum absolute atomic E-state index is 0.0891. The molecule has 3 rings (SSSR count). The number of anilines is 1. The Hall–Kier alpha value is -2.44. The van der Waals surface area contributed by atoms with Gasteiger partial charge in [0.1, 0.15) is 16.7 Å². The summed E-state index contributed by atoms with van der Waals surface area (Å²) in [6.07, 6.45) is 1.42. The number of hydrogen-bond acceptors (Lipinski definition) is 4. The first-order valence-corrected chi connectivity index (χ1v) is 9.41. The highest BCUT2D eigenvalue weighted by Gasteiger charge is 2.52. The van der Waals surface area contributed by atoms with Gasteiger partial charge in [0.2, 0.25) is 5.78 Å². The average Bonchev–Trinajstić information content (AvgIpc) is 2.90. The normalized spacial score (nSPS) is 19.6. The van der Waals surface area contributed by atoms with E-state index < -0.39 is 35.1 Å². The molecule has 1 saturated heterocycles. The third kappa shape index (κ3) is 3.38. The molecular formula is C20H18Cl2N2O4. The number of amides is 1. The van der Waals surface area contributed by atoms with Crippen LogP contribution in [0, 0.1) is 11.8 Å². The maximum Gasteiger partial charge on any atom is 0.295 e. The number of aryl methyl sites for hydroxylation is 1. The van der Waals surface area contributed by atoms with Crippen molar-refractivity contribution in [3.8, 4) is 0 Å². The summed E-state index contributed by atoms with van der Waals surface area (Å²) >= 11 is 12.0. The monoisotopic (exact) mass is 420 g/mol. The lowest BCUT2D eigenvalue weighted by Gasteiger charge is -2.28. The van der Waals surface area contributed by atoms with Crippen molar-refractivity contribution >= 4 is 46.4 Å². The van der Waals surface area contributed by atoms with E-state index in [4.69, 9.17) is 23.2 Å². The highest BCUT2D eigenvalue weighted by atomic mass is 35.5. The van der Waals surface area contributed by atoms with Crippen LogP contribution in [0.1, 0.15) is 25.5 Å². The van der Waals surface area contributed by atoms with Gasteiger partial charge in [0, 0.05) is 24.2 Å². The number of ketones is 2. The maximum atomic E-state index is 12.9. The van der Waals surface area contributed by atoms with E-state index >= 15 is 0 Å². The molecule has 1 aromatic carbocycles. The van der Waals surface area contributed by atoms with Gasteiger partial charge in [0.15, 0.2) is 0 Å². The van der Waals surface area contributed by atoms with Crippen LogP contribution in [0.2, 0.25) is 10.0 Å². The van der Waals surface area contributed by atoms with Crippen LogP contribution in [0.25, 0.3) is 0 Å². The number of pyridine rings is 1. The number of carbonyl (C=O) groups excluding carboxylic acids is 3. The molecule has 6 nitrogen and oxygen atoms in total. The Bertz CT molecular complexity index is 1000. The Labute approximate surface area is 171 Å². The molecule has 8 heteroatoms. The summed E-state index contributed by atoms with van der Waals surface area (Å²) in [5.41, 5.74) is 0.429. The minimum atomic E-state index is -1.15. The Morgan fingerprint density at radius 1 is 1.07 bits per heavy atom. The van der Waals surface area contributed by atoms with Crippen molar-refractivity contribution < 1.29 is 14.4 Å². The first-order chi connectivity index (χ1) is 13.1. The molecule has 1 aliphatic heterocycles. The topological polar surface area (TPSA) is 76.5 Å². The van der Waals surface area contributed by atoms with E-state index in [9.17, 15) is 19.2 Å². The molecule has 0 radical (unpaired) electrons. The maximum absolute atomic E-state index is 12.9. The molecule has 28 heavy (non-hydrogen) atoms. The number of carbonyl (C=O) groups is 3. The van der Waals surface area contributed by atoms with E-state index in [1.807, 2.05) is 0 Å². The molecular weight excluding hydrogens is 403 g/mol. The van der Waals surface area contributed by atoms with Crippen LogP contribution in [0.3, 0.4) is 0 Å². The fourth-order valence-electron chi connectivity index (χ4n) is 3.38. The average molecular weight is 421 g/mol. The van der Waals surface area contributed by atoms with Crippen molar-refractivity contribution in [2.75, 3.05) is 4.90 Å². The molecule has 2 aromatic rings. The van der Waals surface area contributed by atoms with Crippen LogP contribution in [-0.2, 0) is 21.4 Å². The third-order valence-electron chi connectivity index (χ3n) is 4.80. The van der Waals surface area contributed by atoms with Gasteiger partial charge < -0.3 is 4.57 Å². The highest BCUT2D eigenvalue weighted by Crippen LogP contribution is 2.41. The highest BCUT2D eigenvalue weighted by molar-refractivity contribution is 6.48. The molecule has 1 aliphatic rings. The van der Waals surface area contributed by atoms with E-state index in [1.54, 1.807) is 38.1 Å². The molecule has 1 aromatic heterocycles. The van der Waals surface area contributed by atoms with E-state index in [0.29, 0.717) is 10.6 Å². The SMILES string of the molecule is CC(C)C(=O)C1C(=O)C(=O)N(c2cc(Cl)c(=O)n(C)c2)C1c1ccc(Cl)cc1. The first-order valence-electron chi connectivity index (χ1n) is 8.66. The molecule has 2 heterocycles. The zero-order valence-corrected chi connectivity index (χ0v) is 17.0. The Kier molecular flexibility index (Phi) is 5.46. The van der Waals surface area contributed by atoms with Gasteiger partial charge in [-0.1, -0.05) is 49.2 Å². The number of Topliss-reactive ketones (excluding diaryl/α,β-unsaturated/α-hetero) is 2. The summed E-state index contributed by atoms with van der Waals surface area (Å²) in [7, 11) is 1.49. The summed E-state index contributed by atoms with van der Waals surface area (Å²) in [6, 6.07) is 7.10. The van der Waals surface area contributed by atoms with Crippen molar-refractivity contribution in [2.45, 2.75) is 19.9 Å². The zero-order valence-electron chi connectivity index (χ0n) is 15.5. The largest absolute Gasteiger partial charge is 0.315 e. The fraction of sp³-hybridized carbons (Fsp3) is 0.300. The Morgan fingerprint density at radius 2 is 1.68 bits per heavy atom. The second kappa shape index (κ2) is 7.53. The second-order valence-electron chi connectivity index (χ2n) is 7.03. The Balaban J connectivity index is 2.22. The zero-order chi connectivity index (χ0) is 20.7. The molecule has 0 spiro atoms. The van der Waals surface area contributed by atoms with Crippen LogP contribution >= 0.6 is 23.2 Å². The number of hydrogen-bond donors (Lipinski definition) is 0. The molecule has 2 atom stereocenters. The standard InChI is InChI=1S/C20H18Cl2N2O4/c1-10(2)17(25)15-16(11-4-6-12(21)7-5-11)24(20(28)18(15)26)13-8-14(22)19(27)23(3)9-13/h4-10,15-16H,1-3H3. The van der Waals surface area contributed by atoms with Gasteiger partial charge in [0.25, 0.3) is 11.5 Å². The third-order valence-corrected chi connectivity index (χ3v) is 5.32. The number of aromatic nitrogens is 1. The van der Waals surface area contributed by atoms with Crippen molar-refractivity contribution in [1.82, 2.24) is 4.57 Å². The minimum Gasteiger partial charge on any atom is -0.315 e. The fourth-order valence-corrected chi connectivity index (χ4v) is 3.75. The number of nitrogens with zero attached hydrogens (tertiary/aromatic N) is 2. The molecule has 1 amide bonds. The lowest BCUT2D eigenvalue weighted by molar-refractivity contribution is -0.139. The summed E-state index contributed by atoms with van der Waals surface area (Å²) in [4.78, 5) is 51.6. The molecule has 2 unspecified atom stereocenters. The number of benzene rings is 1. The van der Waals surface area contributed by atoms with E-state index in [0.717, 1.165) is 0 Å². The molecule has 0 bridgehead atoms. The van der Waals surface area contributed by atoms with Gasteiger partial charge in [0.05, 0.1) is 11.7 Å². The Morgan fingerprint density at radius 3 is 2.21 bits per heavy atom. The van der Waals surface area contributed by atoms with E-state index in [2.05, 4.69) is 0 Å². The van der Waals surface area contributed by atoms with Gasteiger partial charge >= 0.3 is 0 Å². The van der Waals surface area contributed by atoms with Gasteiger partial charge in [-0.3, -0.25) is 24.1 Å². The van der Waals surface area contributed by atoms with Crippen LogP contribution in [0.5, 0.6) is 0 Å². The second-order valence-corrected chi connectivity index (χ2v) is 7.88. The predicted octanol–water partition coefficient (Wildman–Crippen LogP) is 3.19. The van der Waals surface area contributed by atoms with Gasteiger partial charge in [-0.2, -0.15) is 0 Å². The van der Waals surface area contributed by atoms with Crippen LogP contribution in [0.15, 0.2) is 41.3 Å². The summed E-state index contributed by atoms with van der Waals surface area (Å²) in [5.74, 6) is -3.49. The lowest BCUT2D eigenvalue weighted by Crippen LogP contribution is -2.32. The van der Waals surface area contributed by atoms with Gasteiger partial charge in [-0.05, 0) is 23.8 Å². The van der Waals surface area contributed by atoms with Gasteiger partial charge in [-0.25, -0.2) is 0 Å². The molecule has 0 aliphatic carbocycles. The van der Waals surface area contributed by atoms with Crippen LogP contribution in [0.4, 0.5) is 5.69 Å². The number of rotatable bonds is 4. The van der Waals surface area contributed by atoms with E-state index in [-0.39, 0.29) is 16.5 Å². The number of halogens is 2. The molecule has 0 saturated carbocycles. The smallest absolute Gasteiger partial charge is 0.295 e. The molecule has 146 valence electrons. The van der Waals surface area contributed by atoms with Crippen molar-refractivity contribution in [1.29, 1.82) is 0 Å². The van der Waals surface area contributed by atoms with Crippen molar-refractivity contribution in [3.63, 3.8) is 0 Å². The van der Waals surface area contributed by atoms with Crippen molar-refractivity contribution in [3.05, 3.63) is 62.5 Å². The molecule has 1 fully saturated rings. The van der Waals surface area contributed by atoms with Gasteiger partial charge in [-0.15, -0.1) is 0 Å². The first kappa shape index (κ1) is 20.3. The van der Waals surface area contributed by atoms with Crippen LogP contribution in [-0.4, -0.2) is 22.0 Å². The summed E-state index contributed by atoms with van der Waals surface area (Å²) in [5, 5.41) is 0.400. The molecule has 0 N–H and O–H groups in total. The predicted molar refractivity (Wildman–Crippen MR) is 107 cm³/mol. The quantitative estimate of drug-likeness (QED) is 0.561.